The van der Waals surface area contributed by atoms with E-state index in [1.807, 2.05) is 23.1 Å². The van der Waals surface area contributed by atoms with E-state index in [0.29, 0.717) is 37.4 Å². The Hall–Kier alpha value is -3.29. The molecule has 1 saturated heterocycles. The third-order valence-corrected chi connectivity index (χ3v) is 4.49. The maximum Gasteiger partial charge on any atom is 0.256 e. The fourth-order valence-electron chi connectivity index (χ4n) is 3.12. The van der Waals surface area contributed by atoms with E-state index in [1.165, 1.54) is 23.1 Å². The number of halogens is 1. The largest absolute Gasteiger partial charge is 0.368 e. The van der Waals surface area contributed by atoms with E-state index < -0.39 is 0 Å². The van der Waals surface area contributed by atoms with Crippen molar-refractivity contribution < 1.29 is 9.18 Å². The highest BCUT2D eigenvalue weighted by Crippen LogP contribution is 2.20. The molecule has 0 bridgehead atoms. The highest BCUT2D eigenvalue weighted by Gasteiger charge is 2.24. The van der Waals surface area contributed by atoms with Crippen molar-refractivity contribution in [1.29, 1.82) is 0 Å². The van der Waals surface area contributed by atoms with Crippen molar-refractivity contribution >= 4 is 11.6 Å². The van der Waals surface area contributed by atoms with Crippen LogP contribution in [0.25, 0.3) is 5.69 Å². The van der Waals surface area contributed by atoms with Crippen molar-refractivity contribution in [1.82, 2.24) is 25.1 Å². The van der Waals surface area contributed by atoms with Gasteiger partial charge in [0.05, 0.1) is 11.3 Å². The summed E-state index contributed by atoms with van der Waals surface area (Å²) in [6.07, 6.45) is 1.47. The molecule has 1 aliphatic rings. The number of carbonyl (C=O) groups excluding carboxylic acids is 1. The predicted molar refractivity (Wildman–Crippen MR) is 93.7 cm³/mol. The first kappa shape index (κ1) is 16.2. The average Bonchev–Trinajstić information content (AvgIpc) is 3.23. The summed E-state index contributed by atoms with van der Waals surface area (Å²) in [5, 5.41) is 11.2. The lowest BCUT2D eigenvalue weighted by molar-refractivity contribution is 0.0746. The summed E-state index contributed by atoms with van der Waals surface area (Å²) in [4.78, 5) is 17.0. The lowest BCUT2D eigenvalue weighted by Crippen LogP contribution is -2.49. The standard InChI is InChI=1S/C18H17FN6O/c19-14-5-7-15(8-6-14)23-9-11-24(12-10-23)18(26)16-3-1-2-4-17(16)25-13-20-21-22-25/h1-8,13H,9-12H2. The fourth-order valence-corrected chi connectivity index (χ4v) is 3.12. The molecule has 1 aromatic heterocycles. The summed E-state index contributed by atoms with van der Waals surface area (Å²) in [5.74, 6) is -0.295. The molecule has 1 fully saturated rings. The first-order valence-electron chi connectivity index (χ1n) is 8.34. The Labute approximate surface area is 149 Å². The minimum atomic E-state index is -0.248. The number of nitrogens with zero attached hydrogens (tertiary/aromatic N) is 6. The third-order valence-electron chi connectivity index (χ3n) is 4.49. The van der Waals surface area contributed by atoms with Crippen molar-refractivity contribution in [3.05, 3.63) is 66.2 Å². The molecule has 0 spiro atoms. The molecule has 2 heterocycles. The molecular weight excluding hydrogens is 335 g/mol. The second kappa shape index (κ2) is 6.91. The monoisotopic (exact) mass is 352 g/mol. The molecule has 0 atom stereocenters. The summed E-state index contributed by atoms with van der Waals surface area (Å²) in [7, 11) is 0. The predicted octanol–water partition coefficient (Wildman–Crippen LogP) is 1.76. The topological polar surface area (TPSA) is 67.2 Å². The smallest absolute Gasteiger partial charge is 0.256 e. The zero-order chi connectivity index (χ0) is 17.9. The highest BCUT2D eigenvalue weighted by atomic mass is 19.1. The SMILES string of the molecule is O=C(c1ccccc1-n1cnnn1)N1CCN(c2ccc(F)cc2)CC1. The van der Waals surface area contributed by atoms with Crippen LogP contribution in [-0.4, -0.2) is 57.2 Å². The average molecular weight is 352 g/mol. The van der Waals surface area contributed by atoms with Gasteiger partial charge >= 0.3 is 0 Å². The van der Waals surface area contributed by atoms with Gasteiger partial charge < -0.3 is 9.80 Å². The molecule has 1 aliphatic heterocycles. The van der Waals surface area contributed by atoms with Gasteiger partial charge in [0, 0.05) is 31.9 Å². The first-order chi connectivity index (χ1) is 12.7. The lowest BCUT2D eigenvalue weighted by Gasteiger charge is -2.36. The number of aromatic nitrogens is 4. The van der Waals surface area contributed by atoms with Crippen LogP contribution in [0.2, 0.25) is 0 Å². The van der Waals surface area contributed by atoms with Crippen LogP contribution in [0.5, 0.6) is 0 Å². The summed E-state index contributed by atoms with van der Waals surface area (Å²) in [6, 6.07) is 13.7. The Morgan fingerprint density at radius 2 is 1.69 bits per heavy atom. The first-order valence-corrected chi connectivity index (χ1v) is 8.34. The molecular formula is C18H17FN6O. The van der Waals surface area contributed by atoms with Crippen molar-refractivity contribution in [2.24, 2.45) is 0 Å². The third kappa shape index (κ3) is 3.13. The number of para-hydroxylation sites is 1. The molecule has 0 unspecified atom stereocenters. The van der Waals surface area contributed by atoms with Crippen LogP contribution in [-0.2, 0) is 0 Å². The number of hydrogen-bond acceptors (Lipinski definition) is 5. The van der Waals surface area contributed by atoms with Gasteiger partial charge in [-0.05, 0) is 46.8 Å². The van der Waals surface area contributed by atoms with Gasteiger partial charge in [-0.15, -0.1) is 5.10 Å². The van der Waals surface area contributed by atoms with Crippen LogP contribution in [0.3, 0.4) is 0 Å². The van der Waals surface area contributed by atoms with Crippen LogP contribution >= 0.6 is 0 Å². The maximum atomic E-state index is 13.1. The van der Waals surface area contributed by atoms with Gasteiger partial charge in [-0.3, -0.25) is 4.79 Å². The zero-order valence-corrected chi connectivity index (χ0v) is 14.0. The van der Waals surface area contributed by atoms with Gasteiger partial charge in [0.15, 0.2) is 0 Å². The van der Waals surface area contributed by atoms with E-state index in [2.05, 4.69) is 20.4 Å². The Kier molecular flexibility index (Phi) is 4.30. The van der Waals surface area contributed by atoms with E-state index in [9.17, 15) is 9.18 Å². The summed E-state index contributed by atoms with van der Waals surface area (Å²) < 4.78 is 14.6. The van der Waals surface area contributed by atoms with E-state index in [1.54, 1.807) is 18.2 Å². The second-order valence-corrected chi connectivity index (χ2v) is 6.03. The van der Waals surface area contributed by atoms with Crippen LogP contribution in [0.1, 0.15) is 10.4 Å². The van der Waals surface area contributed by atoms with Crippen LogP contribution < -0.4 is 4.90 Å². The molecule has 0 aliphatic carbocycles. The number of tetrazole rings is 1. The Balaban J connectivity index is 1.48. The molecule has 8 heteroatoms. The highest BCUT2D eigenvalue weighted by molar-refractivity contribution is 5.97. The molecule has 132 valence electrons. The second-order valence-electron chi connectivity index (χ2n) is 6.03. The van der Waals surface area contributed by atoms with E-state index in [-0.39, 0.29) is 11.7 Å². The van der Waals surface area contributed by atoms with Crippen molar-refractivity contribution in [2.45, 2.75) is 0 Å². The minimum absolute atomic E-state index is 0.0464. The number of hydrogen-bond donors (Lipinski definition) is 0. The maximum absolute atomic E-state index is 13.1. The van der Waals surface area contributed by atoms with Crippen LogP contribution in [0, 0.1) is 5.82 Å². The Morgan fingerprint density at radius 1 is 0.962 bits per heavy atom. The number of carbonyl (C=O) groups is 1. The molecule has 0 saturated carbocycles. The van der Waals surface area contributed by atoms with E-state index >= 15 is 0 Å². The number of anilines is 1. The van der Waals surface area contributed by atoms with Gasteiger partial charge in [-0.1, -0.05) is 12.1 Å². The van der Waals surface area contributed by atoms with Gasteiger partial charge in [0.25, 0.3) is 5.91 Å². The molecule has 2 aromatic carbocycles. The lowest BCUT2D eigenvalue weighted by atomic mass is 10.1. The zero-order valence-electron chi connectivity index (χ0n) is 14.0. The summed E-state index contributed by atoms with van der Waals surface area (Å²) in [5.41, 5.74) is 2.19. The number of amides is 1. The van der Waals surface area contributed by atoms with Crippen molar-refractivity contribution in [2.75, 3.05) is 31.1 Å². The summed E-state index contributed by atoms with van der Waals surface area (Å²) >= 11 is 0. The summed E-state index contributed by atoms with van der Waals surface area (Å²) in [6.45, 7) is 2.59. The van der Waals surface area contributed by atoms with Crippen molar-refractivity contribution in [3.63, 3.8) is 0 Å². The number of piperazine rings is 1. The molecule has 4 rings (SSSR count). The number of rotatable bonds is 3. The Bertz CT molecular complexity index is 888. The van der Waals surface area contributed by atoms with Gasteiger partial charge in [0.1, 0.15) is 12.1 Å². The van der Waals surface area contributed by atoms with Gasteiger partial charge in [0.2, 0.25) is 0 Å². The van der Waals surface area contributed by atoms with Gasteiger partial charge in [-0.25, -0.2) is 4.39 Å². The van der Waals surface area contributed by atoms with E-state index in [4.69, 9.17) is 0 Å². The molecule has 3 aromatic rings. The molecule has 0 N–H and O–H groups in total. The molecule has 1 amide bonds. The molecule has 7 nitrogen and oxygen atoms in total. The normalized spacial score (nSPS) is 14.5. The quantitative estimate of drug-likeness (QED) is 0.719. The fraction of sp³-hybridized carbons (Fsp3) is 0.222. The van der Waals surface area contributed by atoms with Crippen LogP contribution in [0.15, 0.2) is 54.9 Å². The molecule has 0 radical (unpaired) electrons. The van der Waals surface area contributed by atoms with Crippen molar-refractivity contribution in [3.8, 4) is 5.69 Å². The van der Waals surface area contributed by atoms with E-state index in [0.717, 1.165) is 5.69 Å². The minimum Gasteiger partial charge on any atom is -0.368 e. The number of benzene rings is 2. The Morgan fingerprint density at radius 3 is 2.38 bits per heavy atom. The van der Waals surface area contributed by atoms with Crippen LogP contribution in [0.4, 0.5) is 10.1 Å². The molecule has 26 heavy (non-hydrogen) atoms. The van der Waals surface area contributed by atoms with Gasteiger partial charge in [-0.2, -0.15) is 4.68 Å².